The Balaban J connectivity index is 6.47. The van der Waals surface area contributed by atoms with Gasteiger partial charge in [-0.1, -0.05) is 55.4 Å². The molecule has 0 aromatic heterocycles. The van der Waals surface area contributed by atoms with Crippen molar-refractivity contribution < 1.29 is 9.53 Å². The van der Waals surface area contributed by atoms with Crippen LogP contribution in [0.2, 0.25) is 0 Å². The Morgan fingerprint density at radius 3 is 1.00 bits per heavy atom. The van der Waals surface area contributed by atoms with Crippen LogP contribution in [-0.4, -0.2) is 89.5 Å². The molecule has 0 amide bonds. The molecule has 0 aromatic carbocycles. The van der Waals surface area contributed by atoms with Gasteiger partial charge in [0.05, 0.1) is 23.6 Å². The monoisotopic (exact) mass is 422 g/mol. The average Bonchev–Trinajstić information content (AvgIpc) is 2.70. The van der Waals surface area contributed by atoms with Crippen LogP contribution in [0.15, 0.2) is 0 Å². The molecule has 0 aliphatic carbocycles. The molecule has 0 spiro atoms. The molecule has 6 nitrogen and oxygen atoms in total. The van der Waals surface area contributed by atoms with Crippen LogP contribution in [-0.2, 0) is 9.53 Å². The standard InChI is InChI=1S/C19H44N4O2P2/c1-10-20(11-2)26(21(12-3)13-4)19(18(24)25-9)27(22(14-5)15-6)23(16-7)17-8/h19H,10-17H2,1-9H3. The second-order valence-corrected chi connectivity index (χ2v) is 11.1. The van der Waals surface area contributed by atoms with Gasteiger partial charge in [-0.25, -0.2) is 0 Å². The van der Waals surface area contributed by atoms with E-state index in [4.69, 9.17) is 4.74 Å². The smallest absolute Gasteiger partial charge is 0.322 e. The summed E-state index contributed by atoms with van der Waals surface area (Å²) in [6, 6.07) is 0. The summed E-state index contributed by atoms with van der Waals surface area (Å²) in [5.74, 6) is -0.0511. The molecule has 0 saturated carbocycles. The van der Waals surface area contributed by atoms with Crippen LogP contribution in [0.3, 0.4) is 0 Å². The summed E-state index contributed by atoms with van der Waals surface area (Å²) in [6.07, 6.45) is 0. The number of hydrogen-bond acceptors (Lipinski definition) is 6. The molecule has 0 N–H and O–H groups in total. The maximum atomic E-state index is 13.2. The van der Waals surface area contributed by atoms with Gasteiger partial charge in [-0.05, 0) is 0 Å². The molecule has 0 aromatic rings. The van der Waals surface area contributed by atoms with Crippen LogP contribution in [0.1, 0.15) is 55.4 Å². The van der Waals surface area contributed by atoms with E-state index in [1.165, 1.54) is 0 Å². The quantitative estimate of drug-likeness (QED) is 0.286. The van der Waals surface area contributed by atoms with Gasteiger partial charge in [0.1, 0.15) is 0 Å². The van der Waals surface area contributed by atoms with Crippen molar-refractivity contribution in [3.8, 4) is 0 Å². The zero-order valence-corrected chi connectivity index (χ0v) is 21.0. The predicted molar refractivity (Wildman–Crippen MR) is 121 cm³/mol. The van der Waals surface area contributed by atoms with Crippen molar-refractivity contribution in [2.75, 3.05) is 59.5 Å². The van der Waals surface area contributed by atoms with Gasteiger partial charge in [0.25, 0.3) is 0 Å². The molecule has 27 heavy (non-hydrogen) atoms. The summed E-state index contributed by atoms with van der Waals surface area (Å²) in [6.45, 7) is 25.2. The number of rotatable bonds is 15. The first kappa shape index (κ1) is 27.2. The highest BCUT2D eigenvalue weighted by Gasteiger charge is 2.45. The van der Waals surface area contributed by atoms with E-state index in [1.54, 1.807) is 7.11 Å². The second kappa shape index (κ2) is 15.1. The minimum atomic E-state index is -0.786. The van der Waals surface area contributed by atoms with Crippen LogP contribution in [0.5, 0.6) is 0 Å². The molecule has 0 atom stereocenters. The molecule has 0 fully saturated rings. The van der Waals surface area contributed by atoms with Gasteiger partial charge in [0.15, 0.2) is 5.40 Å². The lowest BCUT2D eigenvalue weighted by Gasteiger charge is -2.48. The number of methoxy groups -OCH3 is 1. The van der Waals surface area contributed by atoms with Crippen molar-refractivity contribution in [2.24, 2.45) is 0 Å². The third-order valence-electron chi connectivity index (χ3n) is 4.93. The molecule has 0 radical (unpaired) electrons. The van der Waals surface area contributed by atoms with Gasteiger partial charge in [-0.2, -0.15) is 0 Å². The molecular formula is C19H44N4O2P2. The Morgan fingerprint density at radius 1 is 0.630 bits per heavy atom. The highest BCUT2D eigenvalue weighted by Crippen LogP contribution is 2.64. The molecule has 0 rings (SSSR count). The number of hydrogen-bond donors (Lipinski definition) is 0. The fourth-order valence-corrected chi connectivity index (χ4v) is 10.8. The fourth-order valence-electron chi connectivity index (χ4n) is 3.42. The van der Waals surface area contributed by atoms with Crippen LogP contribution in [0, 0.1) is 0 Å². The number of carbonyl (C=O) groups is 1. The van der Waals surface area contributed by atoms with E-state index < -0.39 is 16.4 Å². The minimum absolute atomic E-state index is 0.0511. The summed E-state index contributed by atoms with van der Waals surface area (Å²) >= 11 is 0. The number of carbonyl (C=O) groups excluding carboxylic acids is 1. The Morgan fingerprint density at radius 2 is 0.852 bits per heavy atom. The summed E-state index contributed by atoms with van der Waals surface area (Å²) < 4.78 is 15.4. The van der Waals surface area contributed by atoms with Crippen LogP contribution < -0.4 is 0 Å². The topological polar surface area (TPSA) is 39.3 Å². The number of nitrogens with zero attached hydrogens (tertiary/aromatic N) is 4. The molecule has 0 aliphatic rings. The van der Waals surface area contributed by atoms with Crippen molar-refractivity contribution in [2.45, 2.75) is 60.8 Å². The third kappa shape index (κ3) is 7.17. The van der Waals surface area contributed by atoms with Crippen molar-refractivity contribution in [1.29, 1.82) is 0 Å². The Hall–Kier alpha value is 0.170. The zero-order chi connectivity index (χ0) is 21.0. The van der Waals surface area contributed by atoms with Gasteiger partial charge >= 0.3 is 5.97 Å². The predicted octanol–water partition coefficient (Wildman–Crippen LogP) is 4.48. The highest BCUT2D eigenvalue weighted by atomic mass is 31.2. The van der Waals surface area contributed by atoms with Gasteiger partial charge in [0, 0.05) is 52.4 Å². The van der Waals surface area contributed by atoms with Crippen molar-refractivity contribution in [3.05, 3.63) is 0 Å². The molecule has 8 heteroatoms. The summed E-state index contributed by atoms with van der Waals surface area (Å²) in [5, 5.41) is -0.125. The first-order chi connectivity index (χ1) is 12.9. The largest absolute Gasteiger partial charge is 0.468 e. The first-order valence-corrected chi connectivity index (χ1v) is 13.2. The molecule has 0 unspecified atom stereocenters. The normalized spacial score (nSPS) is 12.6. The lowest BCUT2D eigenvalue weighted by Crippen LogP contribution is -2.43. The van der Waals surface area contributed by atoms with Crippen LogP contribution >= 0.6 is 16.4 Å². The number of esters is 1. The van der Waals surface area contributed by atoms with Gasteiger partial charge < -0.3 is 4.74 Å². The lowest BCUT2D eigenvalue weighted by molar-refractivity contribution is -0.138. The van der Waals surface area contributed by atoms with Gasteiger partial charge in [-0.3, -0.25) is 23.5 Å². The highest BCUT2D eigenvalue weighted by molar-refractivity contribution is 7.73. The van der Waals surface area contributed by atoms with Crippen molar-refractivity contribution in [1.82, 2.24) is 18.7 Å². The molecule has 0 aliphatic heterocycles. The Bertz CT molecular complexity index is 336. The third-order valence-corrected chi connectivity index (χ3v) is 12.0. The van der Waals surface area contributed by atoms with Crippen molar-refractivity contribution >= 4 is 22.4 Å². The lowest BCUT2D eigenvalue weighted by atomic mass is 10.7. The molecule has 162 valence electrons. The minimum Gasteiger partial charge on any atom is -0.468 e. The van der Waals surface area contributed by atoms with E-state index in [2.05, 4.69) is 74.1 Å². The van der Waals surface area contributed by atoms with E-state index in [0.717, 1.165) is 52.4 Å². The van der Waals surface area contributed by atoms with E-state index in [-0.39, 0.29) is 11.4 Å². The first-order valence-electron chi connectivity index (χ1n) is 10.6. The second-order valence-electron chi connectivity index (χ2n) is 6.09. The van der Waals surface area contributed by atoms with Gasteiger partial charge in [0.2, 0.25) is 0 Å². The van der Waals surface area contributed by atoms with E-state index in [9.17, 15) is 4.79 Å². The number of ether oxygens (including phenoxy) is 1. The maximum Gasteiger partial charge on any atom is 0.322 e. The summed E-state index contributed by atoms with van der Waals surface area (Å²) in [7, 11) is -0.0253. The Labute approximate surface area is 171 Å². The van der Waals surface area contributed by atoms with Crippen LogP contribution in [0.4, 0.5) is 0 Å². The fraction of sp³-hybridized carbons (Fsp3) is 0.947. The van der Waals surface area contributed by atoms with Gasteiger partial charge in [-0.15, -0.1) is 0 Å². The zero-order valence-electron chi connectivity index (χ0n) is 19.2. The van der Waals surface area contributed by atoms with E-state index in [0.29, 0.717) is 0 Å². The SMILES string of the molecule is CCN(CC)P(C(C(=O)OC)P(N(CC)CC)N(CC)CC)N(CC)CC. The van der Waals surface area contributed by atoms with E-state index >= 15 is 0 Å². The molecular weight excluding hydrogens is 378 g/mol. The van der Waals surface area contributed by atoms with Crippen LogP contribution in [0.25, 0.3) is 0 Å². The average molecular weight is 423 g/mol. The molecule has 0 bridgehead atoms. The summed E-state index contributed by atoms with van der Waals surface area (Å²) in [4.78, 5) is 13.2. The maximum absolute atomic E-state index is 13.2. The Kier molecular flexibility index (Phi) is 15.2. The van der Waals surface area contributed by atoms with Crippen molar-refractivity contribution in [3.63, 3.8) is 0 Å². The summed E-state index contributed by atoms with van der Waals surface area (Å²) in [5.41, 5.74) is 0. The molecule has 0 heterocycles. The van der Waals surface area contributed by atoms with E-state index in [1.807, 2.05) is 0 Å². The molecule has 0 saturated heterocycles.